The highest BCUT2D eigenvalue weighted by Gasteiger charge is 2.62. The number of hydrogen-bond donors (Lipinski definition) is 1. The fourth-order valence-corrected chi connectivity index (χ4v) is 4.21. The maximum atomic E-state index is 13.4. The van der Waals surface area contributed by atoms with Gasteiger partial charge in [0.25, 0.3) is 5.91 Å². The van der Waals surface area contributed by atoms with E-state index in [9.17, 15) is 22.8 Å². The lowest BCUT2D eigenvalue weighted by Crippen LogP contribution is -2.64. The summed E-state index contributed by atoms with van der Waals surface area (Å²) < 4.78 is 38.3. The van der Waals surface area contributed by atoms with E-state index in [1.54, 1.807) is 7.05 Å². The molecule has 2 atom stereocenters. The zero-order valence-electron chi connectivity index (χ0n) is 15.7. The maximum absolute atomic E-state index is 13.4. The highest BCUT2D eigenvalue weighted by Crippen LogP contribution is 2.46. The Bertz CT molecular complexity index is 757. The van der Waals surface area contributed by atoms with Gasteiger partial charge < -0.3 is 10.2 Å². The lowest BCUT2D eigenvalue weighted by atomic mass is 9.65. The van der Waals surface area contributed by atoms with Crippen molar-refractivity contribution in [3.05, 3.63) is 24.0 Å². The molecule has 27 heavy (non-hydrogen) atoms. The molecule has 2 aliphatic rings. The van der Waals surface area contributed by atoms with Crippen LogP contribution in [0.25, 0.3) is 0 Å². The molecule has 0 aliphatic carbocycles. The van der Waals surface area contributed by atoms with Gasteiger partial charge in [0.05, 0.1) is 11.9 Å². The Kier molecular flexibility index (Phi) is 4.49. The number of urea groups is 1. The molecule has 0 aromatic carbocycles. The molecule has 3 rings (SSSR count). The smallest absolute Gasteiger partial charge is 0.316 e. The second kappa shape index (κ2) is 6.19. The van der Waals surface area contributed by atoms with Crippen molar-refractivity contribution >= 4 is 17.6 Å². The minimum absolute atomic E-state index is 0.0490. The van der Waals surface area contributed by atoms with Gasteiger partial charge in [0.2, 0.25) is 0 Å². The fraction of sp³-hybridized carbons (Fsp3) is 0.611. The number of nitrogens with zero attached hydrogens (tertiary/aromatic N) is 3. The molecule has 2 fully saturated rings. The third-order valence-corrected chi connectivity index (χ3v) is 5.60. The number of anilines is 1. The quantitative estimate of drug-likeness (QED) is 0.757. The molecule has 2 unspecified atom stereocenters. The van der Waals surface area contributed by atoms with Gasteiger partial charge in [-0.05, 0) is 30.5 Å². The number of nitrogens with one attached hydrogen (secondary N) is 1. The predicted octanol–water partition coefficient (Wildman–Crippen LogP) is 2.89. The molecule has 6 nitrogen and oxygen atoms in total. The summed E-state index contributed by atoms with van der Waals surface area (Å²) in [5.74, 6) is -0.550. The van der Waals surface area contributed by atoms with Crippen LogP contribution in [0.1, 0.15) is 32.9 Å². The van der Waals surface area contributed by atoms with E-state index in [-0.39, 0.29) is 17.0 Å². The van der Waals surface area contributed by atoms with Gasteiger partial charge in [-0.3, -0.25) is 4.79 Å². The number of amides is 3. The number of halogens is 3. The van der Waals surface area contributed by atoms with Crippen molar-refractivity contribution in [2.24, 2.45) is 11.3 Å². The first-order chi connectivity index (χ1) is 12.4. The Morgan fingerprint density at radius 2 is 1.89 bits per heavy atom. The van der Waals surface area contributed by atoms with E-state index < -0.39 is 29.3 Å². The van der Waals surface area contributed by atoms with Crippen LogP contribution < -0.4 is 10.2 Å². The van der Waals surface area contributed by atoms with Gasteiger partial charge in [0.15, 0.2) is 0 Å². The van der Waals surface area contributed by atoms with Crippen LogP contribution in [0.4, 0.5) is 23.7 Å². The van der Waals surface area contributed by atoms with E-state index >= 15 is 0 Å². The number of piperidine rings is 1. The van der Waals surface area contributed by atoms with E-state index in [0.29, 0.717) is 19.5 Å². The Hall–Kier alpha value is -2.16. The van der Waals surface area contributed by atoms with Crippen LogP contribution in [0.3, 0.4) is 0 Å². The van der Waals surface area contributed by atoms with Crippen molar-refractivity contribution in [1.29, 1.82) is 0 Å². The normalized spacial score (nSPS) is 27.0. The van der Waals surface area contributed by atoms with Crippen LogP contribution in [-0.4, -0.2) is 47.5 Å². The van der Waals surface area contributed by atoms with Crippen LogP contribution in [0, 0.1) is 11.3 Å². The Balaban J connectivity index is 2.03. The first-order valence-electron chi connectivity index (χ1n) is 8.77. The van der Waals surface area contributed by atoms with Gasteiger partial charge in [-0.25, -0.2) is 14.7 Å². The van der Waals surface area contributed by atoms with Crippen molar-refractivity contribution < 1.29 is 22.8 Å². The Labute approximate surface area is 155 Å². The van der Waals surface area contributed by atoms with E-state index in [0.717, 1.165) is 23.2 Å². The van der Waals surface area contributed by atoms with E-state index in [1.165, 1.54) is 4.90 Å². The summed E-state index contributed by atoms with van der Waals surface area (Å²) in [5.41, 5.74) is -2.30. The molecule has 0 bridgehead atoms. The number of carbonyl (C=O) groups excluding carboxylic acids is 2. The largest absolute Gasteiger partial charge is 0.433 e. The monoisotopic (exact) mass is 384 g/mol. The topological polar surface area (TPSA) is 65.5 Å². The summed E-state index contributed by atoms with van der Waals surface area (Å²) in [5, 5.41) is 3.28. The molecule has 9 heteroatoms. The van der Waals surface area contributed by atoms with Crippen molar-refractivity contribution in [3.8, 4) is 0 Å². The average molecular weight is 384 g/mol. The number of imide groups is 1. The molecule has 1 spiro atoms. The number of alkyl halides is 3. The molecule has 1 aromatic heterocycles. The lowest BCUT2D eigenvalue weighted by molar-refractivity contribution is -0.141. The standard InChI is InChI=1S/C18H23F3N4O2/c1-16(2,3)12-10-22-8-7-17(12)14(26)25(15(27)24(17)4)11-5-6-13(23-9-11)18(19,20)21/h5-6,9,12,22H,7-8,10H2,1-4H3. The second-order valence-electron chi connectivity index (χ2n) is 8.18. The fourth-order valence-electron chi connectivity index (χ4n) is 4.21. The summed E-state index contributed by atoms with van der Waals surface area (Å²) in [4.78, 5) is 32.1. The predicted molar refractivity (Wildman–Crippen MR) is 93.0 cm³/mol. The third kappa shape index (κ3) is 2.97. The molecular formula is C18H23F3N4O2. The van der Waals surface area contributed by atoms with Crippen LogP contribution in [-0.2, 0) is 11.0 Å². The Morgan fingerprint density at radius 1 is 1.22 bits per heavy atom. The molecule has 3 heterocycles. The first kappa shape index (κ1) is 19.6. The number of likely N-dealkylation sites (N-methyl/N-ethyl adjacent to an activating group) is 1. The minimum atomic E-state index is -4.58. The Morgan fingerprint density at radius 3 is 2.41 bits per heavy atom. The zero-order chi connectivity index (χ0) is 20.2. The highest BCUT2D eigenvalue weighted by molar-refractivity contribution is 6.23. The third-order valence-electron chi connectivity index (χ3n) is 5.60. The SMILES string of the molecule is CN1C(=O)N(c2ccc(C(F)(F)F)nc2)C(=O)C12CCNCC2C(C)(C)C. The van der Waals surface area contributed by atoms with Crippen molar-refractivity contribution in [2.75, 3.05) is 25.0 Å². The number of rotatable bonds is 1. The molecule has 2 aliphatic heterocycles. The molecule has 3 amide bonds. The summed E-state index contributed by atoms with van der Waals surface area (Å²) in [6.07, 6.45) is -3.21. The van der Waals surface area contributed by atoms with Crippen LogP contribution in [0.5, 0.6) is 0 Å². The summed E-state index contributed by atoms with van der Waals surface area (Å²) in [7, 11) is 1.59. The first-order valence-corrected chi connectivity index (χ1v) is 8.77. The molecule has 1 N–H and O–H groups in total. The van der Waals surface area contributed by atoms with Crippen LogP contribution >= 0.6 is 0 Å². The number of hydrogen-bond acceptors (Lipinski definition) is 4. The van der Waals surface area contributed by atoms with Crippen molar-refractivity contribution in [3.63, 3.8) is 0 Å². The number of pyridine rings is 1. The van der Waals surface area contributed by atoms with E-state index in [2.05, 4.69) is 10.3 Å². The minimum Gasteiger partial charge on any atom is -0.316 e. The molecular weight excluding hydrogens is 361 g/mol. The van der Waals surface area contributed by atoms with Crippen LogP contribution in [0.15, 0.2) is 18.3 Å². The van der Waals surface area contributed by atoms with E-state index in [4.69, 9.17) is 0 Å². The lowest BCUT2D eigenvalue weighted by Gasteiger charge is -2.49. The van der Waals surface area contributed by atoms with Crippen LogP contribution in [0.2, 0.25) is 0 Å². The molecule has 0 radical (unpaired) electrons. The van der Waals surface area contributed by atoms with Gasteiger partial charge in [-0.2, -0.15) is 13.2 Å². The molecule has 148 valence electrons. The molecule has 1 aromatic rings. The van der Waals surface area contributed by atoms with Gasteiger partial charge in [0, 0.05) is 19.5 Å². The van der Waals surface area contributed by atoms with Gasteiger partial charge in [0.1, 0.15) is 11.2 Å². The van der Waals surface area contributed by atoms with Gasteiger partial charge >= 0.3 is 12.2 Å². The highest BCUT2D eigenvalue weighted by atomic mass is 19.4. The second-order valence-corrected chi connectivity index (χ2v) is 8.18. The van der Waals surface area contributed by atoms with Crippen molar-refractivity contribution in [1.82, 2.24) is 15.2 Å². The number of carbonyl (C=O) groups is 2. The van der Waals surface area contributed by atoms with Gasteiger partial charge in [-0.15, -0.1) is 0 Å². The average Bonchev–Trinajstić information content (AvgIpc) is 2.76. The van der Waals surface area contributed by atoms with Gasteiger partial charge in [-0.1, -0.05) is 20.8 Å². The number of aromatic nitrogens is 1. The maximum Gasteiger partial charge on any atom is 0.433 e. The van der Waals surface area contributed by atoms with Crippen molar-refractivity contribution in [2.45, 2.75) is 38.9 Å². The summed E-state index contributed by atoms with van der Waals surface area (Å²) >= 11 is 0. The molecule has 0 saturated carbocycles. The summed E-state index contributed by atoms with van der Waals surface area (Å²) in [6, 6.07) is 1.36. The molecule has 2 saturated heterocycles. The zero-order valence-corrected chi connectivity index (χ0v) is 15.7. The summed E-state index contributed by atoms with van der Waals surface area (Å²) in [6.45, 7) is 7.20. The van der Waals surface area contributed by atoms with E-state index in [1.807, 2.05) is 20.8 Å².